The summed E-state index contributed by atoms with van der Waals surface area (Å²) >= 11 is 12.7. The zero-order valence-electron chi connectivity index (χ0n) is 20.9. The first-order valence-corrected chi connectivity index (χ1v) is 14.3. The van der Waals surface area contributed by atoms with Crippen molar-refractivity contribution in [2.75, 3.05) is 43.8 Å². The molecule has 200 valence electrons. The Morgan fingerprint density at radius 3 is 2.45 bits per heavy atom. The number of hydrogen-bond acceptors (Lipinski definition) is 7. The van der Waals surface area contributed by atoms with Gasteiger partial charge in [0.15, 0.2) is 0 Å². The SMILES string of the molecule is CN(c1ccc2nc(-c3ccc(Cl)cc3Cl)c(CN3CCN(C(=O)/C(C=N)=C/C=N)CC3)n2c1)S(C)(=O)=O. The number of imidazole rings is 1. The number of anilines is 1. The van der Waals surface area contributed by atoms with E-state index in [1.807, 2.05) is 10.5 Å². The number of sulfonamides is 1. The number of nitrogens with one attached hydrogen (secondary N) is 2. The molecule has 0 spiro atoms. The zero-order valence-corrected chi connectivity index (χ0v) is 23.2. The van der Waals surface area contributed by atoms with E-state index in [4.69, 9.17) is 39.0 Å². The van der Waals surface area contributed by atoms with Gasteiger partial charge >= 0.3 is 0 Å². The predicted molar refractivity (Wildman–Crippen MR) is 151 cm³/mol. The molecule has 4 rings (SSSR count). The average molecular weight is 577 g/mol. The van der Waals surface area contributed by atoms with Crippen molar-refractivity contribution in [2.24, 2.45) is 0 Å². The van der Waals surface area contributed by atoms with Gasteiger partial charge in [0, 0.05) is 69.0 Å². The monoisotopic (exact) mass is 575 g/mol. The third-order valence-corrected chi connectivity index (χ3v) is 8.20. The molecule has 0 atom stereocenters. The lowest BCUT2D eigenvalue weighted by atomic mass is 10.1. The Kier molecular flexibility index (Phi) is 8.22. The fourth-order valence-corrected chi connectivity index (χ4v) is 5.27. The number of pyridine rings is 1. The number of carbonyl (C=O) groups excluding carboxylic acids is 1. The summed E-state index contributed by atoms with van der Waals surface area (Å²) in [7, 11) is -1.97. The van der Waals surface area contributed by atoms with Crippen LogP contribution < -0.4 is 4.31 Å². The largest absolute Gasteiger partial charge is 0.336 e. The molecule has 1 aromatic carbocycles. The van der Waals surface area contributed by atoms with Crippen LogP contribution in [0.25, 0.3) is 16.9 Å². The molecule has 0 unspecified atom stereocenters. The van der Waals surface area contributed by atoms with Gasteiger partial charge in [0.25, 0.3) is 5.91 Å². The topological polar surface area (TPSA) is 126 Å². The Morgan fingerprint density at radius 1 is 1.13 bits per heavy atom. The molecule has 0 aliphatic carbocycles. The summed E-state index contributed by atoms with van der Waals surface area (Å²) in [5.41, 5.74) is 3.46. The number of nitrogens with zero attached hydrogens (tertiary/aromatic N) is 5. The van der Waals surface area contributed by atoms with E-state index in [0.717, 1.165) is 24.4 Å². The molecular formula is C25H27Cl2N7O3S. The first kappa shape index (κ1) is 27.8. The second-order valence-electron chi connectivity index (χ2n) is 8.88. The summed E-state index contributed by atoms with van der Waals surface area (Å²) < 4.78 is 27.4. The lowest BCUT2D eigenvalue weighted by molar-refractivity contribution is -0.128. The number of allylic oxidation sites excluding steroid dienone is 1. The van der Waals surface area contributed by atoms with Crippen LogP contribution in [-0.2, 0) is 21.4 Å². The molecule has 1 aliphatic heterocycles. The van der Waals surface area contributed by atoms with E-state index in [1.165, 1.54) is 17.4 Å². The minimum atomic E-state index is -3.47. The minimum absolute atomic E-state index is 0.164. The molecule has 1 saturated heterocycles. The Morgan fingerprint density at radius 2 is 1.84 bits per heavy atom. The number of benzene rings is 1. The third-order valence-electron chi connectivity index (χ3n) is 6.45. The van der Waals surface area contributed by atoms with Gasteiger partial charge in [-0.05, 0) is 36.4 Å². The van der Waals surface area contributed by atoms with Crippen molar-refractivity contribution in [2.45, 2.75) is 6.54 Å². The van der Waals surface area contributed by atoms with E-state index in [2.05, 4.69) is 4.90 Å². The molecule has 1 fully saturated rings. The van der Waals surface area contributed by atoms with Gasteiger partial charge in [-0.3, -0.25) is 18.4 Å². The van der Waals surface area contributed by atoms with Crippen molar-refractivity contribution in [3.63, 3.8) is 0 Å². The van der Waals surface area contributed by atoms with Crippen molar-refractivity contribution >= 4 is 62.9 Å². The van der Waals surface area contributed by atoms with E-state index in [0.29, 0.717) is 65.4 Å². The molecule has 2 N–H and O–H groups in total. The van der Waals surface area contributed by atoms with E-state index in [1.54, 1.807) is 35.4 Å². The van der Waals surface area contributed by atoms with Crippen LogP contribution in [0.5, 0.6) is 0 Å². The number of piperazine rings is 1. The summed E-state index contributed by atoms with van der Waals surface area (Å²) in [5.74, 6) is -0.278. The number of hydrogen-bond donors (Lipinski definition) is 2. The van der Waals surface area contributed by atoms with Gasteiger partial charge in [0.2, 0.25) is 10.0 Å². The van der Waals surface area contributed by atoms with Crippen LogP contribution in [-0.4, -0.2) is 85.4 Å². The number of carbonyl (C=O) groups is 1. The second kappa shape index (κ2) is 11.2. The van der Waals surface area contributed by atoms with Crippen molar-refractivity contribution in [1.82, 2.24) is 19.2 Å². The number of rotatable bonds is 8. The van der Waals surface area contributed by atoms with Gasteiger partial charge in [0.1, 0.15) is 5.65 Å². The van der Waals surface area contributed by atoms with Crippen LogP contribution in [0.4, 0.5) is 5.69 Å². The highest BCUT2D eigenvalue weighted by Crippen LogP contribution is 2.34. The van der Waals surface area contributed by atoms with Crippen molar-refractivity contribution < 1.29 is 13.2 Å². The summed E-state index contributed by atoms with van der Waals surface area (Å²) in [6.07, 6.45) is 6.16. The summed E-state index contributed by atoms with van der Waals surface area (Å²) in [6.45, 7) is 2.53. The third kappa shape index (κ3) is 5.75. The molecule has 2 aromatic heterocycles. The second-order valence-corrected chi connectivity index (χ2v) is 11.7. The molecule has 0 bridgehead atoms. The zero-order chi connectivity index (χ0) is 27.6. The molecule has 0 saturated carbocycles. The summed E-state index contributed by atoms with van der Waals surface area (Å²) in [5, 5.41) is 15.6. The lowest BCUT2D eigenvalue weighted by Crippen LogP contribution is -2.48. The van der Waals surface area contributed by atoms with Crippen LogP contribution in [0, 0.1) is 10.8 Å². The predicted octanol–water partition coefficient (Wildman–Crippen LogP) is 3.57. The average Bonchev–Trinajstić information content (AvgIpc) is 3.23. The maximum absolute atomic E-state index is 12.7. The number of halogens is 2. The van der Waals surface area contributed by atoms with Gasteiger partial charge in [0.05, 0.1) is 33.9 Å². The maximum atomic E-state index is 12.7. The van der Waals surface area contributed by atoms with Crippen molar-refractivity contribution in [3.05, 3.63) is 63.9 Å². The fraction of sp³-hybridized carbons (Fsp3) is 0.280. The summed E-state index contributed by atoms with van der Waals surface area (Å²) in [6, 6.07) is 8.67. The first-order chi connectivity index (χ1) is 18.0. The van der Waals surface area contributed by atoms with Crippen LogP contribution in [0.3, 0.4) is 0 Å². The molecular weight excluding hydrogens is 549 g/mol. The Balaban J connectivity index is 1.70. The molecule has 0 radical (unpaired) electrons. The van der Waals surface area contributed by atoms with Crippen LogP contribution in [0.15, 0.2) is 48.2 Å². The standard InChI is InChI=1S/C25H27Cl2N7O3S/c1-31(38(2,36)37)19-4-6-23-30-24(20-5-3-18(26)13-21(20)27)22(34(23)15-19)16-32-9-11-33(12-10-32)25(35)17(14-29)7-8-28/h3-8,13-15,28-29H,9-12,16H2,1-2H3/b17-7+,28-8?,29-14?. The van der Waals surface area contributed by atoms with Crippen molar-refractivity contribution in [3.8, 4) is 11.3 Å². The number of amides is 1. The van der Waals surface area contributed by atoms with Crippen LogP contribution in [0.2, 0.25) is 10.0 Å². The van der Waals surface area contributed by atoms with E-state index >= 15 is 0 Å². The highest BCUT2D eigenvalue weighted by molar-refractivity contribution is 7.92. The van der Waals surface area contributed by atoms with E-state index in [9.17, 15) is 13.2 Å². The fourth-order valence-electron chi connectivity index (χ4n) is 4.28. The Bertz CT molecular complexity index is 1540. The van der Waals surface area contributed by atoms with Gasteiger partial charge in [-0.2, -0.15) is 0 Å². The minimum Gasteiger partial charge on any atom is -0.336 e. The first-order valence-electron chi connectivity index (χ1n) is 11.7. The molecule has 13 heteroatoms. The smallest absolute Gasteiger partial charge is 0.255 e. The van der Waals surface area contributed by atoms with Crippen molar-refractivity contribution in [1.29, 1.82) is 10.8 Å². The Labute approximate surface area is 231 Å². The van der Waals surface area contributed by atoms with Gasteiger partial charge in [-0.1, -0.05) is 23.2 Å². The molecule has 1 aliphatic rings. The van der Waals surface area contributed by atoms with Gasteiger partial charge < -0.3 is 15.7 Å². The molecule has 10 nitrogen and oxygen atoms in total. The Hall–Kier alpha value is -3.25. The highest BCUT2D eigenvalue weighted by Gasteiger charge is 2.26. The van der Waals surface area contributed by atoms with E-state index < -0.39 is 10.0 Å². The van der Waals surface area contributed by atoms with Gasteiger partial charge in [-0.15, -0.1) is 0 Å². The molecule has 3 heterocycles. The lowest BCUT2D eigenvalue weighted by Gasteiger charge is -2.35. The molecule has 1 amide bonds. The normalized spacial score (nSPS) is 15.1. The van der Waals surface area contributed by atoms with Crippen LogP contribution in [0.1, 0.15) is 5.69 Å². The van der Waals surface area contributed by atoms with Crippen LogP contribution >= 0.6 is 23.2 Å². The maximum Gasteiger partial charge on any atom is 0.255 e. The van der Waals surface area contributed by atoms with Gasteiger partial charge in [-0.25, -0.2) is 13.4 Å². The quantitative estimate of drug-likeness (QED) is 0.313. The number of fused-ring (bicyclic) bond motifs is 1. The molecule has 38 heavy (non-hydrogen) atoms. The summed E-state index contributed by atoms with van der Waals surface area (Å²) in [4.78, 5) is 21.4. The number of aromatic nitrogens is 2. The highest BCUT2D eigenvalue weighted by atomic mass is 35.5. The van der Waals surface area contributed by atoms with E-state index in [-0.39, 0.29) is 11.5 Å². The molecule has 3 aromatic rings.